The molecule has 0 spiro atoms. The van der Waals surface area contributed by atoms with Crippen molar-refractivity contribution in [3.05, 3.63) is 130 Å². The molecule has 6 rings (SSSR count). The number of carbonyl (C=O) groups is 2. The first-order valence-corrected chi connectivity index (χ1v) is 24.4. The van der Waals surface area contributed by atoms with Gasteiger partial charge in [-0.2, -0.15) is 0 Å². The highest BCUT2D eigenvalue weighted by Gasteiger charge is 2.31. The maximum Gasteiger partial charge on any atom is 0.342 e. The van der Waals surface area contributed by atoms with Gasteiger partial charge in [-0.25, -0.2) is 9.59 Å². The summed E-state index contributed by atoms with van der Waals surface area (Å²) in [7, 11) is -1.17. The SMILES string of the molecule is CC(C)OC(=O)c1cc2ccccc2c(-c2c(OPOc3cc(C(C)(C)C)cc(C(C)(C)C)c3)c(C(=O)OC(C)C)cc3ccccc23)c1OPOc1cc(C(C)(C)C)cc(C(C)(C)C)c1. The normalized spacial score (nSPS) is 12.8. The molecule has 350 valence electrons. The van der Waals surface area contributed by atoms with Crippen molar-refractivity contribution in [2.75, 3.05) is 0 Å². The lowest BCUT2D eigenvalue weighted by molar-refractivity contribution is 0.0365. The van der Waals surface area contributed by atoms with Gasteiger partial charge in [0.05, 0.1) is 12.2 Å². The van der Waals surface area contributed by atoms with Crippen LogP contribution in [0, 0.1) is 0 Å². The second-order valence-corrected chi connectivity index (χ2v) is 22.8. The van der Waals surface area contributed by atoms with Crippen LogP contribution in [0.15, 0.2) is 97.1 Å². The van der Waals surface area contributed by atoms with Gasteiger partial charge < -0.3 is 27.6 Å². The lowest BCUT2D eigenvalue weighted by atomic mass is 9.80. The van der Waals surface area contributed by atoms with Crippen LogP contribution in [-0.2, 0) is 31.1 Å². The molecule has 0 aromatic heterocycles. The third-order valence-corrected chi connectivity index (χ3v) is 12.5. The van der Waals surface area contributed by atoms with Gasteiger partial charge in [0.1, 0.15) is 34.1 Å². The molecule has 8 nitrogen and oxygen atoms in total. The van der Waals surface area contributed by atoms with Crippen LogP contribution in [0.25, 0.3) is 32.7 Å². The highest BCUT2D eigenvalue weighted by atomic mass is 31.1. The van der Waals surface area contributed by atoms with Gasteiger partial charge in [0.25, 0.3) is 18.1 Å². The van der Waals surface area contributed by atoms with E-state index in [1.807, 2.05) is 100 Å². The van der Waals surface area contributed by atoms with E-state index >= 15 is 0 Å². The molecule has 0 aliphatic rings. The number of hydrogen-bond donors (Lipinski definition) is 0. The summed E-state index contributed by atoms with van der Waals surface area (Å²) in [5, 5.41) is 3.02. The molecule has 0 aliphatic carbocycles. The molecule has 0 fully saturated rings. The van der Waals surface area contributed by atoms with Gasteiger partial charge in [-0.05, 0) is 130 Å². The van der Waals surface area contributed by atoms with E-state index in [0.29, 0.717) is 22.6 Å². The van der Waals surface area contributed by atoms with Crippen LogP contribution in [0.3, 0.4) is 0 Å². The molecule has 0 bridgehead atoms. The van der Waals surface area contributed by atoms with Gasteiger partial charge in [0.2, 0.25) is 0 Å². The van der Waals surface area contributed by atoms with Gasteiger partial charge in [-0.1, -0.05) is 144 Å². The molecule has 66 heavy (non-hydrogen) atoms. The third kappa shape index (κ3) is 11.9. The van der Waals surface area contributed by atoms with Crippen molar-refractivity contribution in [1.82, 2.24) is 0 Å². The Morgan fingerprint density at radius 2 is 0.727 bits per heavy atom. The Labute approximate surface area is 396 Å². The number of hydrogen-bond acceptors (Lipinski definition) is 8. The van der Waals surface area contributed by atoms with E-state index in [1.54, 1.807) is 12.1 Å². The van der Waals surface area contributed by atoms with Gasteiger partial charge in [0.15, 0.2) is 0 Å². The van der Waals surface area contributed by atoms with Crippen molar-refractivity contribution in [2.24, 2.45) is 0 Å². The van der Waals surface area contributed by atoms with E-state index in [0.717, 1.165) is 43.8 Å². The summed E-state index contributed by atoms with van der Waals surface area (Å²) in [5.41, 5.74) is 5.39. The number of rotatable bonds is 13. The minimum absolute atomic E-state index is 0.142. The fraction of sp³-hybridized carbons (Fsp3) is 0.393. The summed E-state index contributed by atoms with van der Waals surface area (Å²) in [6, 6.07) is 31.8. The van der Waals surface area contributed by atoms with Crippen molar-refractivity contribution in [2.45, 2.75) is 145 Å². The molecule has 0 saturated carbocycles. The lowest BCUT2D eigenvalue weighted by Crippen LogP contribution is -2.16. The number of esters is 2. The summed E-state index contributed by atoms with van der Waals surface area (Å²) < 4.78 is 38.5. The topological polar surface area (TPSA) is 89.5 Å². The first-order chi connectivity index (χ1) is 30.7. The van der Waals surface area contributed by atoms with E-state index in [-0.39, 0.29) is 44.3 Å². The quantitative estimate of drug-likeness (QED) is 0.0836. The second-order valence-electron chi connectivity index (χ2n) is 21.7. The molecular formula is C56H68O8P2. The van der Waals surface area contributed by atoms with E-state index in [2.05, 4.69) is 95.2 Å². The van der Waals surface area contributed by atoms with Crippen LogP contribution < -0.4 is 18.1 Å². The number of carbonyl (C=O) groups excluding carboxylic acids is 2. The zero-order valence-electron chi connectivity index (χ0n) is 41.7. The average molecular weight is 931 g/mol. The molecule has 0 amide bonds. The molecule has 10 heteroatoms. The fourth-order valence-electron chi connectivity index (χ4n) is 7.49. The zero-order valence-corrected chi connectivity index (χ0v) is 43.7. The summed E-state index contributed by atoms with van der Waals surface area (Å²) in [6.45, 7) is 33.4. The maximum absolute atomic E-state index is 14.4. The Morgan fingerprint density at radius 1 is 0.424 bits per heavy atom. The summed E-state index contributed by atoms with van der Waals surface area (Å²) >= 11 is 0. The van der Waals surface area contributed by atoms with E-state index in [1.165, 1.54) is 0 Å². The first-order valence-electron chi connectivity index (χ1n) is 22.8. The van der Waals surface area contributed by atoms with Gasteiger partial charge in [0, 0.05) is 11.1 Å². The van der Waals surface area contributed by atoms with Crippen molar-refractivity contribution in [1.29, 1.82) is 0 Å². The Balaban J connectivity index is 1.60. The summed E-state index contributed by atoms with van der Waals surface area (Å²) in [5.74, 6) is 0.611. The van der Waals surface area contributed by atoms with Gasteiger partial charge in [-0.15, -0.1) is 0 Å². The smallest absolute Gasteiger partial charge is 0.342 e. The molecule has 2 unspecified atom stereocenters. The molecule has 2 atom stereocenters. The van der Waals surface area contributed by atoms with Crippen molar-refractivity contribution >= 4 is 51.6 Å². The highest BCUT2D eigenvalue weighted by Crippen LogP contribution is 2.52. The van der Waals surface area contributed by atoms with Crippen LogP contribution in [0.4, 0.5) is 0 Å². The Morgan fingerprint density at radius 3 is 1.02 bits per heavy atom. The Bertz CT molecular complexity index is 2490. The lowest BCUT2D eigenvalue weighted by Gasteiger charge is -2.26. The average Bonchev–Trinajstić information content (AvgIpc) is 3.21. The second kappa shape index (κ2) is 19.6. The molecule has 0 heterocycles. The number of fused-ring (bicyclic) bond motifs is 2. The minimum Gasteiger partial charge on any atom is -0.459 e. The van der Waals surface area contributed by atoms with Crippen LogP contribution in [0.1, 0.15) is 154 Å². The minimum atomic E-state index is -0.586. The number of benzene rings is 6. The molecule has 6 aromatic rings. The monoisotopic (exact) mass is 930 g/mol. The molecule has 0 N–H and O–H groups in total. The standard InChI is InChI=1S/C56H68O8P2/c1-33(2)59-51(57)45-25-35-21-17-19-23-43(35)47(49(45)63-65-61-41-29-37(53(5,6)7)27-38(30-41)54(8,9)10)48-44-24-20-18-22-36(44)26-46(52(58)60-34(3)4)50(48)64-66-62-42-31-39(55(11,12)13)28-40(32-42)56(14,15)16/h17-34,65-66H,1-16H3. The van der Waals surface area contributed by atoms with Crippen LogP contribution in [0.2, 0.25) is 0 Å². The van der Waals surface area contributed by atoms with Gasteiger partial charge >= 0.3 is 11.9 Å². The molecular weight excluding hydrogens is 863 g/mol. The third-order valence-electron chi connectivity index (χ3n) is 11.3. The molecule has 0 saturated heterocycles. The Hall–Kier alpha value is -5.16. The van der Waals surface area contributed by atoms with Crippen molar-refractivity contribution in [3.8, 4) is 34.1 Å². The molecule has 0 radical (unpaired) electrons. The van der Waals surface area contributed by atoms with Crippen LogP contribution in [0.5, 0.6) is 23.0 Å². The van der Waals surface area contributed by atoms with Crippen molar-refractivity contribution < 1.29 is 37.2 Å². The van der Waals surface area contributed by atoms with E-state index in [9.17, 15) is 9.59 Å². The van der Waals surface area contributed by atoms with Crippen molar-refractivity contribution in [3.63, 3.8) is 0 Å². The van der Waals surface area contributed by atoms with Crippen LogP contribution in [-0.4, -0.2) is 24.1 Å². The van der Waals surface area contributed by atoms with E-state index < -0.39 is 42.2 Å². The maximum atomic E-state index is 14.4. The van der Waals surface area contributed by atoms with Crippen LogP contribution >= 0.6 is 18.1 Å². The highest BCUT2D eigenvalue weighted by molar-refractivity contribution is 7.27. The zero-order chi connectivity index (χ0) is 48.5. The Kier molecular flexibility index (Phi) is 14.9. The number of ether oxygens (including phenoxy) is 2. The largest absolute Gasteiger partial charge is 0.459 e. The van der Waals surface area contributed by atoms with Gasteiger partial charge in [-0.3, -0.25) is 0 Å². The summed E-state index contributed by atoms with van der Waals surface area (Å²) in [4.78, 5) is 28.7. The van der Waals surface area contributed by atoms with E-state index in [4.69, 9.17) is 27.6 Å². The molecule has 0 aliphatic heterocycles. The predicted octanol–water partition coefficient (Wildman–Crippen LogP) is 15.9. The fourth-order valence-corrected chi connectivity index (χ4v) is 8.60. The molecule has 6 aromatic carbocycles. The predicted molar refractivity (Wildman–Crippen MR) is 275 cm³/mol. The summed E-state index contributed by atoms with van der Waals surface area (Å²) in [6.07, 6.45) is -0.838. The first kappa shape index (κ1) is 50.3.